The van der Waals surface area contributed by atoms with Gasteiger partial charge in [0.25, 0.3) is 0 Å². The smallest absolute Gasteiger partial charge is 0.247 e. The molecule has 2 aliphatic rings. The fraction of sp³-hybridized carbons (Fsp3) is 0.529. The first kappa shape index (κ1) is 17.1. The van der Waals surface area contributed by atoms with Crippen LogP contribution in [0.5, 0.6) is 11.5 Å². The highest BCUT2D eigenvalue weighted by atomic mass is 79.9. The van der Waals surface area contributed by atoms with Crippen LogP contribution in [0.4, 0.5) is 5.69 Å². The summed E-state index contributed by atoms with van der Waals surface area (Å²) in [6.07, 6.45) is 4.12. The second-order valence-corrected chi connectivity index (χ2v) is 7.04. The van der Waals surface area contributed by atoms with Crippen LogP contribution in [0.3, 0.4) is 0 Å². The van der Waals surface area contributed by atoms with E-state index in [2.05, 4.69) is 26.6 Å². The number of amides is 2. The van der Waals surface area contributed by atoms with Gasteiger partial charge in [0.2, 0.25) is 11.8 Å². The number of nitrogens with one attached hydrogen (secondary N) is 2. The van der Waals surface area contributed by atoms with Crippen molar-refractivity contribution in [3.8, 4) is 11.5 Å². The molecule has 0 radical (unpaired) electrons. The molecule has 0 saturated heterocycles. The third kappa shape index (κ3) is 3.83. The third-order valence-electron chi connectivity index (χ3n) is 4.40. The molecule has 0 spiro atoms. The fourth-order valence-corrected chi connectivity index (χ4v) is 3.70. The number of benzene rings is 1. The zero-order chi connectivity index (χ0) is 17.1. The van der Waals surface area contributed by atoms with Crippen LogP contribution in [0.1, 0.15) is 32.6 Å². The standard InChI is InChI=1S/C17H21BrN2O4/c1-10(21)19-16(11-4-2-3-5-11)17(22)20-13-9-15-14(8-12(13)18)23-6-7-24-15/h8-9,11,16H,2-7H2,1H3,(H,19,21)(H,20,22). The van der Waals surface area contributed by atoms with E-state index >= 15 is 0 Å². The van der Waals surface area contributed by atoms with Crippen LogP contribution in [-0.4, -0.2) is 31.1 Å². The fourth-order valence-electron chi connectivity index (χ4n) is 3.28. The second kappa shape index (κ2) is 7.42. The van der Waals surface area contributed by atoms with E-state index in [1.54, 1.807) is 12.1 Å². The molecule has 7 heteroatoms. The Morgan fingerprint density at radius 1 is 1.17 bits per heavy atom. The van der Waals surface area contributed by atoms with Gasteiger partial charge in [-0.3, -0.25) is 9.59 Å². The molecule has 1 aromatic carbocycles. The molecule has 1 fully saturated rings. The first-order chi connectivity index (χ1) is 11.5. The van der Waals surface area contributed by atoms with Crippen LogP contribution in [0.2, 0.25) is 0 Å². The molecule has 1 atom stereocenters. The van der Waals surface area contributed by atoms with E-state index in [1.165, 1.54) is 6.92 Å². The van der Waals surface area contributed by atoms with Crippen molar-refractivity contribution in [2.75, 3.05) is 18.5 Å². The monoisotopic (exact) mass is 396 g/mol. The summed E-state index contributed by atoms with van der Waals surface area (Å²) < 4.78 is 11.8. The molecule has 0 bridgehead atoms. The maximum atomic E-state index is 12.7. The number of anilines is 1. The van der Waals surface area contributed by atoms with Gasteiger partial charge in [-0.25, -0.2) is 0 Å². The summed E-state index contributed by atoms with van der Waals surface area (Å²) in [6, 6.07) is 3.02. The topological polar surface area (TPSA) is 76.7 Å². The van der Waals surface area contributed by atoms with Crippen molar-refractivity contribution < 1.29 is 19.1 Å². The van der Waals surface area contributed by atoms with E-state index in [0.29, 0.717) is 34.9 Å². The lowest BCUT2D eigenvalue weighted by molar-refractivity contribution is -0.126. The zero-order valence-electron chi connectivity index (χ0n) is 13.6. The Morgan fingerprint density at radius 3 is 2.42 bits per heavy atom. The van der Waals surface area contributed by atoms with Crippen LogP contribution in [0.15, 0.2) is 16.6 Å². The molecule has 0 aromatic heterocycles. The number of ether oxygens (including phenoxy) is 2. The van der Waals surface area contributed by atoms with E-state index < -0.39 is 6.04 Å². The highest BCUT2D eigenvalue weighted by Gasteiger charge is 2.31. The molecule has 24 heavy (non-hydrogen) atoms. The van der Waals surface area contributed by atoms with Crippen LogP contribution in [-0.2, 0) is 9.59 Å². The van der Waals surface area contributed by atoms with Crippen molar-refractivity contribution >= 4 is 33.4 Å². The lowest BCUT2D eigenvalue weighted by Crippen LogP contribution is -2.47. The Bertz CT molecular complexity index is 644. The lowest BCUT2D eigenvalue weighted by Gasteiger charge is -2.24. The first-order valence-electron chi connectivity index (χ1n) is 8.21. The molecule has 1 saturated carbocycles. The lowest BCUT2D eigenvalue weighted by atomic mass is 9.97. The van der Waals surface area contributed by atoms with Crippen molar-refractivity contribution in [2.45, 2.75) is 38.6 Å². The van der Waals surface area contributed by atoms with Gasteiger partial charge in [0.1, 0.15) is 19.3 Å². The van der Waals surface area contributed by atoms with E-state index in [4.69, 9.17) is 9.47 Å². The third-order valence-corrected chi connectivity index (χ3v) is 5.06. The van der Waals surface area contributed by atoms with Crippen molar-refractivity contribution in [1.29, 1.82) is 0 Å². The molecule has 1 aliphatic heterocycles. The van der Waals surface area contributed by atoms with Crippen molar-refractivity contribution in [2.24, 2.45) is 5.92 Å². The summed E-state index contributed by atoms with van der Waals surface area (Å²) in [6.45, 7) is 2.44. The largest absolute Gasteiger partial charge is 0.486 e. The minimum Gasteiger partial charge on any atom is -0.486 e. The van der Waals surface area contributed by atoms with Gasteiger partial charge < -0.3 is 20.1 Å². The summed E-state index contributed by atoms with van der Waals surface area (Å²) in [5.74, 6) is 1.06. The van der Waals surface area contributed by atoms with Gasteiger partial charge in [0, 0.05) is 23.5 Å². The number of carbonyl (C=O) groups excluding carboxylic acids is 2. The van der Waals surface area contributed by atoms with Gasteiger partial charge in [-0.05, 0) is 34.7 Å². The van der Waals surface area contributed by atoms with Gasteiger partial charge in [0.15, 0.2) is 11.5 Å². The summed E-state index contributed by atoms with van der Waals surface area (Å²) in [5, 5.41) is 5.71. The second-order valence-electron chi connectivity index (χ2n) is 6.19. The highest BCUT2D eigenvalue weighted by Crippen LogP contribution is 2.38. The number of hydrogen-bond donors (Lipinski definition) is 2. The van der Waals surface area contributed by atoms with E-state index in [-0.39, 0.29) is 17.7 Å². The van der Waals surface area contributed by atoms with Crippen molar-refractivity contribution in [1.82, 2.24) is 5.32 Å². The van der Waals surface area contributed by atoms with Crippen molar-refractivity contribution in [3.05, 3.63) is 16.6 Å². The molecular formula is C17H21BrN2O4. The number of halogens is 1. The van der Waals surface area contributed by atoms with Gasteiger partial charge in [-0.1, -0.05) is 12.8 Å². The van der Waals surface area contributed by atoms with Crippen LogP contribution in [0.25, 0.3) is 0 Å². The Kier molecular flexibility index (Phi) is 5.28. The predicted molar refractivity (Wildman–Crippen MR) is 93.3 cm³/mol. The molecule has 2 N–H and O–H groups in total. The Balaban J connectivity index is 1.77. The molecule has 1 aliphatic carbocycles. The normalized spacial score (nSPS) is 18.1. The molecule has 130 valence electrons. The molecule has 1 unspecified atom stereocenters. The quantitative estimate of drug-likeness (QED) is 0.819. The van der Waals surface area contributed by atoms with Gasteiger partial charge >= 0.3 is 0 Å². The maximum Gasteiger partial charge on any atom is 0.247 e. The Labute approximate surface area is 149 Å². The number of hydrogen-bond acceptors (Lipinski definition) is 4. The number of carbonyl (C=O) groups is 2. The molecular weight excluding hydrogens is 376 g/mol. The van der Waals surface area contributed by atoms with E-state index in [0.717, 1.165) is 25.7 Å². The average molecular weight is 397 g/mol. The summed E-state index contributed by atoms with van der Waals surface area (Å²) in [7, 11) is 0. The molecule has 1 aromatic rings. The first-order valence-corrected chi connectivity index (χ1v) is 9.01. The average Bonchev–Trinajstić information content (AvgIpc) is 3.07. The summed E-state index contributed by atoms with van der Waals surface area (Å²) in [4.78, 5) is 24.2. The van der Waals surface area contributed by atoms with E-state index in [9.17, 15) is 9.59 Å². The SMILES string of the molecule is CC(=O)NC(C(=O)Nc1cc2c(cc1Br)OCCO2)C1CCCC1. The van der Waals surface area contributed by atoms with Crippen molar-refractivity contribution in [3.63, 3.8) is 0 Å². The van der Waals surface area contributed by atoms with E-state index in [1.807, 2.05) is 0 Å². The predicted octanol–water partition coefficient (Wildman–Crippen LogP) is 2.85. The number of fused-ring (bicyclic) bond motifs is 1. The van der Waals surface area contributed by atoms with Crippen LogP contribution < -0.4 is 20.1 Å². The maximum absolute atomic E-state index is 12.7. The Hall–Kier alpha value is -1.76. The number of rotatable bonds is 4. The van der Waals surface area contributed by atoms with Crippen LogP contribution >= 0.6 is 15.9 Å². The molecule has 2 amide bonds. The van der Waals surface area contributed by atoms with Crippen LogP contribution in [0, 0.1) is 5.92 Å². The molecule has 6 nitrogen and oxygen atoms in total. The van der Waals surface area contributed by atoms with Gasteiger partial charge in [-0.2, -0.15) is 0 Å². The zero-order valence-corrected chi connectivity index (χ0v) is 15.1. The Morgan fingerprint density at radius 2 is 1.79 bits per heavy atom. The minimum absolute atomic E-state index is 0.185. The summed E-state index contributed by atoms with van der Waals surface area (Å²) >= 11 is 3.45. The molecule has 1 heterocycles. The summed E-state index contributed by atoms with van der Waals surface area (Å²) in [5.41, 5.74) is 0.609. The highest BCUT2D eigenvalue weighted by molar-refractivity contribution is 9.10. The minimum atomic E-state index is -0.509. The molecule has 3 rings (SSSR count). The van der Waals surface area contributed by atoms with Gasteiger partial charge in [-0.15, -0.1) is 0 Å². The van der Waals surface area contributed by atoms with Gasteiger partial charge in [0.05, 0.1) is 5.69 Å².